The summed E-state index contributed by atoms with van der Waals surface area (Å²) >= 11 is 0. The van der Waals surface area contributed by atoms with Gasteiger partial charge in [-0.05, 0) is 42.7 Å². The summed E-state index contributed by atoms with van der Waals surface area (Å²) in [7, 11) is 0. The van der Waals surface area contributed by atoms with E-state index in [4.69, 9.17) is 6.42 Å². The summed E-state index contributed by atoms with van der Waals surface area (Å²) in [4.78, 5) is 0. The van der Waals surface area contributed by atoms with Crippen LogP contribution >= 0.6 is 0 Å². The van der Waals surface area contributed by atoms with Gasteiger partial charge in [-0.3, -0.25) is 0 Å². The number of rotatable bonds is 2. The highest BCUT2D eigenvalue weighted by molar-refractivity contribution is 5.69. The average molecular weight is 182 g/mol. The Kier molecular flexibility index (Phi) is 3.31. The maximum atomic E-state index is 5.34. The zero-order valence-electron chi connectivity index (χ0n) is 8.67. The molecule has 14 heavy (non-hydrogen) atoms. The molecule has 0 N–H and O–H groups in total. The normalized spacial score (nSPS) is 11.5. The third-order valence-electron chi connectivity index (χ3n) is 2.36. The molecule has 0 spiro atoms. The highest BCUT2D eigenvalue weighted by atomic mass is 14.0. The van der Waals surface area contributed by atoms with Crippen molar-refractivity contribution in [1.29, 1.82) is 0 Å². The van der Waals surface area contributed by atoms with Gasteiger partial charge < -0.3 is 0 Å². The summed E-state index contributed by atoms with van der Waals surface area (Å²) < 4.78 is 0. The van der Waals surface area contributed by atoms with Crippen molar-refractivity contribution >= 4 is 5.57 Å². The molecule has 0 bridgehead atoms. The third-order valence-corrected chi connectivity index (χ3v) is 2.36. The smallest absolute Gasteiger partial charge is 0.0248 e. The molecule has 0 aliphatic carbocycles. The van der Waals surface area contributed by atoms with Crippen molar-refractivity contribution < 1.29 is 0 Å². The maximum Gasteiger partial charge on any atom is 0.0248 e. The Morgan fingerprint density at radius 1 is 1.43 bits per heavy atom. The lowest BCUT2D eigenvalue weighted by molar-refractivity contribution is 1.45. The van der Waals surface area contributed by atoms with Crippen LogP contribution in [0.3, 0.4) is 0 Å². The van der Waals surface area contributed by atoms with E-state index in [1.165, 1.54) is 11.1 Å². The molecule has 1 aromatic rings. The molecule has 1 rings (SSSR count). The number of allylic oxidation sites excluding steroid dienone is 3. The Bertz CT molecular complexity index is 414. The topological polar surface area (TPSA) is 0 Å². The minimum atomic E-state index is 0.915. The van der Waals surface area contributed by atoms with E-state index in [1.54, 1.807) is 0 Å². The van der Waals surface area contributed by atoms with Crippen molar-refractivity contribution in [2.75, 3.05) is 0 Å². The van der Waals surface area contributed by atoms with Gasteiger partial charge in [-0.1, -0.05) is 30.7 Å². The van der Waals surface area contributed by atoms with Gasteiger partial charge in [-0.2, -0.15) is 0 Å². The largest absolute Gasteiger partial charge is 0.115 e. The molecule has 0 heteroatoms. The van der Waals surface area contributed by atoms with E-state index in [1.807, 2.05) is 31.2 Å². The van der Waals surface area contributed by atoms with Gasteiger partial charge in [0.15, 0.2) is 0 Å². The van der Waals surface area contributed by atoms with Crippen LogP contribution in [-0.4, -0.2) is 0 Å². The van der Waals surface area contributed by atoms with Crippen LogP contribution in [-0.2, 0) is 0 Å². The average Bonchev–Trinajstić information content (AvgIpc) is 2.27. The van der Waals surface area contributed by atoms with Crippen molar-refractivity contribution in [3.05, 3.63) is 53.6 Å². The molecule has 0 saturated heterocycles. The molecule has 0 aromatic heterocycles. The summed E-state index contributed by atoms with van der Waals surface area (Å²) in [5.74, 6) is 2.63. The first-order valence-electron chi connectivity index (χ1n) is 4.56. The minimum Gasteiger partial charge on any atom is -0.115 e. The highest BCUT2D eigenvalue weighted by Crippen LogP contribution is 2.19. The molecule has 0 saturated carbocycles. The van der Waals surface area contributed by atoms with E-state index in [0.717, 1.165) is 11.1 Å². The van der Waals surface area contributed by atoms with Crippen LogP contribution < -0.4 is 0 Å². The molecule has 1 aromatic carbocycles. The highest BCUT2D eigenvalue weighted by Gasteiger charge is 1.98. The van der Waals surface area contributed by atoms with E-state index in [0.29, 0.717) is 0 Å². The van der Waals surface area contributed by atoms with Crippen LogP contribution in [0, 0.1) is 12.3 Å². The first kappa shape index (κ1) is 10.3. The van der Waals surface area contributed by atoms with Crippen LogP contribution in [0.5, 0.6) is 0 Å². The third kappa shape index (κ3) is 2.14. The lowest BCUT2D eigenvalue weighted by atomic mass is 10.0. The summed E-state index contributed by atoms with van der Waals surface area (Å²) in [5, 5.41) is 0. The Morgan fingerprint density at radius 3 is 2.71 bits per heavy atom. The molecule has 0 aliphatic rings. The second-order valence-electron chi connectivity index (χ2n) is 3.24. The van der Waals surface area contributed by atoms with E-state index in [9.17, 15) is 0 Å². The molecular formula is C14H14. The zero-order chi connectivity index (χ0) is 10.6. The van der Waals surface area contributed by atoms with Gasteiger partial charge in [0, 0.05) is 5.56 Å². The molecule has 0 fully saturated rings. The lowest BCUT2D eigenvalue weighted by Gasteiger charge is -2.04. The van der Waals surface area contributed by atoms with Gasteiger partial charge >= 0.3 is 0 Å². The predicted octanol–water partition coefficient (Wildman–Crippen LogP) is 3.65. The number of hydrogen-bond donors (Lipinski definition) is 0. The Morgan fingerprint density at radius 2 is 2.14 bits per heavy atom. The molecular weight excluding hydrogens is 168 g/mol. The van der Waals surface area contributed by atoms with E-state index >= 15 is 0 Å². The minimum absolute atomic E-state index is 0.915. The van der Waals surface area contributed by atoms with Crippen molar-refractivity contribution in [1.82, 2.24) is 0 Å². The number of hydrogen-bond acceptors (Lipinski definition) is 0. The number of terminal acetylenes is 1. The number of benzene rings is 1. The second kappa shape index (κ2) is 4.48. The fraction of sp³-hybridized carbons (Fsp3) is 0.143. The molecule has 0 unspecified atom stereocenters. The van der Waals surface area contributed by atoms with Crippen molar-refractivity contribution in [3.63, 3.8) is 0 Å². The molecule has 0 heterocycles. The SMILES string of the molecule is C#Cc1cccc(/C(C)=C(\C)C=C)c1. The van der Waals surface area contributed by atoms with Crippen LogP contribution in [0.15, 0.2) is 42.5 Å². The monoisotopic (exact) mass is 182 g/mol. The quantitative estimate of drug-likeness (QED) is 0.484. The summed E-state index contributed by atoms with van der Waals surface area (Å²) in [6.45, 7) is 7.87. The fourth-order valence-corrected chi connectivity index (χ4v) is 1.22. The van der Waals surface area contributed by atoms with Crippen molar-refractivity contribution in [2.24, 2.45) is 0 Å². The van der Waals surface area contributed by atoms with E-state index in [2.05, 4.69) is 25.5 Å². The van der Waals surface area contributed by atoms with Gasteiger partial charge in [0.1, 0.15) is 0 Å². The molecule has 70 valence electrons. The second-order valence-corrected chi connectivity index (χ2v) is 3.24. The van der Waals surface area contributed by atoms with Crippen LogP contribution in [0.4, 0.5) is 0 Å². The van der Waals surface area contributed by atoms with Gasteiger partial charge in [-0.15, -0.1) is 6.42 Å². The predicted molar refractivity (Wildman–Crippen MR) is 62.8 cm³/mol. The molecule has 0 nitrogen and oxygen atoms in total. The molecule has 0 radical (unpaired) electrons. The van der Waals surface area contributed by atoms with E-state index in [-0.39, 0.29) is 0 Å². The fourth-order valence-electron chi connectivity index (χ4n) is 1.22. The van der Waals surface area contributed by atoms with Gasteiger partial charge in [0.05, 0.1) is 0 Å². The summed E-state index contributed by atoms with van der Waals surface area (Å²) in [6, 6.07) is 7.98. The van der Waals surface area contributed by atoms with Gasteiger partial charge in [-0.25, -0.2) is 0 Å². The Labute approximate surface area is 86.0 Å². The summed E-state index contributed by atoms with van der Waals surface area (Å²) in [6.07, 6.45) is 7.20. The maximum absolute atomic E-state index is 5.34. The van der Waals surface area contributed by atoms with Crippen LogP contribution in [0.25, 0.3) is 5.57 Å². The van der Waals surface area contributed by atoms with Crippen LogP contribution in [0.1, 0.15) is 25.0 Å². The standard InChI is InChI=1S/C14H14/c1-5-11(3)12(4)14-9-7-8-13(6-2)10-14/h2,5,7-10H,1H2,3-4H3/b12-11+. The van der Waals surface area contributed by atoms with Crippen molar-refractivity contribution in [2.45, 2.75) is 13.8 Å². The first-order chi connectivity index (χ1) is 6.69. The summed E-state index contributed by atoms with van der Waals surface area (Å²) in [5.41, 5.74) is 4.48. The van der Waals surface area contributed by atoms with Gasteiger partial charge in [0.2, 0.25) is 0 Å². The van der Waals surface area contributed by atoms with Gasteiger partial charge in [0.25, 0.3) is 0 Å². The van der Waals surface area contributed by atoms with Crippen LogP contribution in [0.2, 0.25) is 0 Å². The molecule has 0 atom stereocenters. The van der Waals surface area contributed by atoms with E-state index < -0.39 is 0 Å². The zero-order valence-corrected chi connectivity index (χ0v) is 8.67. The molecule has 0 aliphatic heterocycles. The Hall–Kier alpha value is -1.74. The van der Waals surface area contributed by atoms with Crippen molar-refractivity contribution in [3.8, 4) is 12.3 Å². The molecule has 0 amide bonds. The first-order valence-corrected chi connectivity index (χ1v) is 4.56. The lowest BCUT2D eigenvalue weighted by Crippen LogP contribution is -1.84. The Balaban J connectivity index is 3.21.